The van der Waals surface area contributed by atoms with E-state index in [1.807, 2.05) is 0 Å². The molecule has 0 fully saturated rings. The number of hydrogen-bond donors (Lipinski definition) is 2. The summed E-state index contributed by atoms with van der Waals surface area (Å²) in [5.41, 5.74) is 0. The number of carbonyl (C=O) groups excluding carboxylic acids is 2. The van der Waals surface area contributed by atoms with Gasteiger partial charge in [-0.1, -0.05) is 240 Å². The summed E-state index contributed by atoms with van der Waals surface area (Å²) in [5, 5.41) is 0. The van der Waals surface area contributed by atoms with Crippen LogP contribution in [0.25, 0.3) is 0 Å². The van der Waals surface area contributed by atoms with Gasteiger partial charge in [0.1, 0.15) is 6.61 Å². The van der Waals surface area contributed by atoms with Crippen LogP contribution in [-0.4, -0.2) is 41.0 Å². The summed E-state index contributed by atoms with van der Waals surface area (Å²) in [6.07, 6.45) is 44.0. The Morgan fingerprint density at radius 3 is 1.11 bits per heavy atom. The predicted octanol–water partition coefficient (Wildman–Crippen LogP) is 15.3. The number of esters is 2. The highest BCUT2D eigenvalue weighted by molar-refractivity contribution is 7.46. The van der Waals surface area contributed by atoms with E-state index >= 15 is 0 Å². The molecule has 2 N–H and O–H groups in total. The first-order chi connectivity index (χ1) is 27.5. The third-order valence-corrected chi connectivity index (χ3v) is 12.1. The molecule has 1 unspecified atom stereocenters. The summed E-state index contributed by atoms with van der Waals surface area (Å²) < 4.78 is 26.5. The van der Waals surface area contributed by atoms with Crippen LogP contribution in [-0.2, 0) is 28.2 Å². The molecular weight excluding hydrogens is 735 g/mol. The van der Waals surface area contributed by atoms with Crippen LogP contribution in [0.1, 0.15) is 265 Å². The minimum absolute atomic E-state index is 0.220. The zero-order chi connectivity index (χ0) is 42.1. The molecule has 340 valence electrons. The lowest BCUT2D eigenvalue weighted by molar-refractivity contribution is -0.161. The van der Waals surface area contributed by atoms with E-state index < -0.39 is 32.5 Å². The van der Waals surface area contributed by atoms with Gasteiger partial charge in [0.15, 0.2) is 6.10 Å². The summed E-state index contributed by atoms with van der Waals surface area (Å²) in [7, 11) is -4.75. The van der Waals surface area contributed by atoms with Crippen molar-refractivity contribution in [2.75, 3.05) is 13.2 Å². The Hall–Kier alpha value is -0.950. The smallest absolute Gasteiger partial charge is 0.462 e. The predicted molar refractivity (Wildman–Crippen MR) is 239 cm³/mol. The van der Waals surface area contributed by atoms with Gasteiger partial charge in [-0.05, 0) is 24.7 Å². The van der Waals surface area contributed by atoms with E-state index in [4.69, 9.17) is 19.3 Å². The number of unbranched alkanes of at least 4 members (excludes halogenated alkanes) is 30. The maximum Gasteiger partial charge on any atom is 0.469 e. The number of carbonyl (C=O) groups is 2. The second kappa shape index (κ2) is 41.8. The molecule has 0 rings (SSSR count). The first-order valence-electron chi connectivity index (χ1n) is 24.6. The van der Waals surface area contributed by atoms with Crippen LogP contribution < -0.4 is 0 Å². The van der Waals surface area contributed by atoms with E-state index in [1.54, 1.807) is 0 Å². The van der Waals surface area contributed by atoms with Gasteiger partial charge in [0.2, 0.25) is 0 Å². The van der Waals surface area contributed by atoms with Gasteiger partial charge < -0.3 is 19.3 Å². The van der Waals surface area contributed by atoms with Crippen molar-refractivity contribution in [1.29, 1.82) is 0 Å². The van der Waals surface area contributed by atoms with Crippen LogP contribution in [0, 0.1) is 11.8 Å². The first-order valence-corrected chi connectivity index (χ1v) is 26.1. The summed E-state index contributed by atoms with van der Waals surface area (Å²) in [6.45, 7) is 8.48. The Labute approximate surface area is 353 Å². The van der Waals surface area contributed by atoms with Crippen molar-refractivity contribution in [3.05, 3.63) is 0 Å². The molecule has 0 bridgehead atoms. The molecule has 0 radical (unpaired) electrons. The lowest BCUT2D eigenvalue weighted by atomic mass is 9.99. The summed E-state index contributed by atoms with van der Waals surface area (Å²) in [6, 6.07) is 0. The fourth-order valence-corrected chi connectivity index (χ4v) is 7.90. The van der Waals surface area contributed by atoms with Gasteiger partial charge in [0.25, 0.3) is 0 Å². The molecule has 9 heteroatoms. The molecule has 0 heterocycles. The fourth-order valence-electron chi connectivity index (χ4n) is 7.54. The van der Waals surface area contributed by atoms with Gasteiger partial charge in [-0.3, -0.25) is 14.1 Å². The normalized spacial score (nSPS) is 13.0. The van der Waals surface area contributed by atoms with Crippen molar-refractivity contribution >= 4 is 19.8 Å². The molecule has 0 aliphatic heterocycles. The van der Waals surface area contributed by atoms with Crippen molar-refractivity contribution in [3.8, 4) is 0 Å². The Morgan fingerprint density at radius 2 is 0.772 bits per heavy atom. The van der Waals surface area contributed by atoms with Crippen molar-refractivity contribution in [2.24, 2.45) is 11.8 Å². The molecule has 57 heavy (non-hydrogen) atoms. The second-order valence-electron chi connectivity index (χ2n) is 17.9. The molecule has 0 aliphatic carbocycles. The first kappa shape index (κ1) is 56.0. The number of phosphoric ester groups is 1. The number of rotatable bonds is 45. The van der Waals surface area contributed by atoms with Gasteiger partial charge in [-0.25, -0.2) is 4.57 Å². The average molecular weight is 831 g/mol. The quantitative estimate of drug-likeness (QED) is 0.0354. The fraction of sp³-hybridized carbons (Fsp3) is 0.958. The van der Waals surface area contributed by atoms with Crippen LogP contribution in [0.2, 0.25) is 0 Å². The highest BCUT2D eigenvalue weighted by Crippen LogP contribution is 2.36. The minimum atomic E-state index is -4.75. The van der Waals surface area contributed by atoms with Crippen LogP contribution in [0.15, 0.2) is 0 Å². The van der Waals surface area contributed by atoms with Crippen LogP contribution in [0.3, 0.4) is 0 Å². The third-order valence-electron chi connectivity index (χ3n) is 11.6. The van der Waals surface area contributed by atoms with E-state index in [-0.39, 0.29) is 19.4 Å². The van der Waals surface area contributed by atoms with E-state index in [0.717, 1.165) is 43.9 Å². The average Bonchev–Trinajstić information content (AvgIpc) is 3.17. The molecule has 0 aliphatic rings. The highest BCUT2D eigenvalue weighted by atomic mass is 31.2. The summed E-state index contributed by atoms with van der Waals surface area (Å²) in [4.78, 5) is 43.0. The molecule has 0 saturated carbocycles. The Bertz CT molecular complexity index is 922. The largest absolute Gasteiger partial charge is 0.469 e. The van der Waals surface area contributed by atoms with Gasteiger partial charge in [-0.15, -0.1) is 0 Å². The Morgan fingerprint density at radius 1 is 0.456 bits per heavy atom. The third kappa shape index (κ3) is 46.0. The molecule has 8 nitrogen and oxygen atoms in total. The van der Waals surface area contributed by atoms with Crippen molar-refractivity contribution in [2.45, 2.75) is 271 Å². The molecule has 0 amide bonds. The molecule has 0 saturated heterocycles. The molecule has 0 aromatic heterocycles. The van der Waals surface area contributed by atoms with Gasteiger partial charge in [-0.2, -0.15) is 0 Å². The van der Waals surface area contributed by atoms with Gasteiger partial charge >= 0.3 is 19.8 Å². The zero-order valence-electron chi connectivity index (χ0n) is 38.1. The minimum Gasteiger partial charge on any atom is -0.462 e. The van der Waals surface area contributed by atoms with E-state index in [2.05, 4.69) is 32.2 Å². The van der Waals surface area contributed by atoms with E-state index in [0.29, 0.717) is 6.42 Å². The monoisotopic (exact) mass is 831 g/mol. The van der Waals surface area contributed by atoms with E-state index in [1.165, 1.54) is 186 Å². The van der Waals surface area contributed by atoms with Crippen molar-refractivity contribution < 1.29 is 37.9 Å². The highest BCUT2D eigenvalue weighted by Gasteiger charge is 2.23. The summed E-state index contributed by atoms with van der Waals surface area (Å²) >= 11 is 0. The number of phosphoric acid groups is 1. The van der Waals surface area contributed by atoms with E-state index in [9.17, 15) is 14.2 Å². The van der Waals surface area contributed by atoms with Crippen molar-refractivity contribution in [3.63, 3.8) is 0 Å². The lowest BCUT2D eigenvalue weighted by Crippen LogP contribution is -2.29. The topological polar surface area (TPSA) is 119 Å². The lowest BCUT2D eigenvalue weighted by Gasteiger charge is -2.18. The van der Waals surface area contributed by atoms with Crippen LogP contribution >= 0.6 is 7.82 Å². The molecule has 0 aromatic rings. The van der Waals surface area contributed by atoms with Crippen LogP contribution in [0.4, 0.5) is 0 Å². The second-order valence-corrected chi connectivity index (χ2v) is 19.1. The Balaban J connectivity index is 3.78. The number of hydrogen-bond acceptors (Lipinski definition) is 6. The SMILES string of the molecule is CCC(C)CCCCCCCCCCCCCCCCCCCCC(=O)O[C@H](COC(=O)CCCCCCCCCCCCCCCCC(C)C)COP(=O)(O)O. The standard InChI is InChI=1S/C48H95O8P/c1-5-45(4)39-35-31-27-23-19-15-10-8-6-7-9-11-17-21-25-29-33-37-41-48(50)56-46(43-55-57(51,52)53)42-54-47(49)40-36-32-28-24-20-16-13-12-14-18-22-26-30-34-38-44(2)3/h44-46H,5-43H2,1-4H3,(H2,51,52,53)/t45?,46-/m1/s1. The molecule has 0 spiro atoms. The van der Waals surface area contributed by atoms with Crippen molar-refractivity contribution in [1.82, 2.24) is 0 Å². The van der Waals surface area contributed by atoms with Crippen LogP contribution in [0.5, 0.6) is 0 Å². The number of ether oxygens (including phenoxy) is 2. The maximum atomic E-state index is 12.5. The molecular formula is C48H95O8P. The summed E-state index contributed by atoms with van der Waals surface area (Å²) in [5.74, 6) is 0.868. The maximum absolute atomic E-state index is 12.5. The zero-order valence-corrected chi connectivity index (χ0v) is 39.0. The van der Waals surface area contributed by atoms with Gasteiger partial charge in [0.05, 0.1) is 6.61 Å². The molecule has 2 atom stereocenters. The Kier molecular flexibility index (Phi) is 41.1. The van der Waals surface area contributed by atoms with Gasteiger partial charge in [0, 0.05) is 12.8 Å². The molecule has 0 aromatic carbocycles.